The molecule has 27 heavy (non-hydrogen) atoms. The number of imide groups is 1. The summed E-state index contributed by atoms with van der Waals surface area (Å²) in [4.78, 5) is 38.6. The van der Waals surface area contributed by atoms with Gasteiger partial charge >= 0.3 is 5.97 Å². The summed E-state index contributed by atoms with van der Waals surface area (Å²) in [6, 6.07) is 9.03. The second kappa shape index (κ2) is 8.11. The predicted molar refractivity (Wildman–Crippen MR) is 104 cm³/mol. The molecule has 1 aliphatic rings. The minimum absolute atomic E-state index is 0.115. The van der Waals surface area contributed by atoms with E-state index in [2.05, 4.69) is 6.92 Å². The molecule has 0 saturated carbocycles. The predicted octanol–water partition coefficient (Wildman–Crippen LogP) is 5.14. The van der Waals surface area contributed by atoms with E-state index < -0.39 is 17.8 Å². The second-order valence-electron chi connectivity index (χ2n) is 6.12. The molecule has 0 bridgehead atoms. The zero-order valence-corrected chi connectivity index (χ0v) is 16.1. The molecule has 2 aromatic rings. The fourth-order valence-electron chi connectivity index (χ4n) is 2.85. The molecule has 2 aromatic carbocycles. The Hall–Kier alpha value is -2.37. The van der Waals surface area contributed by atoms with Crippen molar-refractivity contribution in [3.05, 3.63) is 63.1 Å². The third-order valence-electron chi connectivity index (χ3n) is 4.28. The van der Waals surface area contributed by atoms with Crippen LogP contribution in [0.3, 0.4) is 0 Å². The molecule has 1 heterocycles. The van der Waals surface area contributed by atoms with E-state index in [0.717, 1.165) is 24.2 Å². The second-order valence-corrected chi connectivity index (χ2v) is 6.91. The number of carbonyl (C=O) groups is 3. The molecular weight excluding hydrogens is 389 g/mol. The molecular formula is C20H17Cl2NO4. The van der Waals surface area contributed by atoms with Gasteiger partial charge in [0.2, 0.25) is 0 Å². The molecule has 0 aliphatic carbocycles. The molecule has 0 fully saturated rings. The first kappa shape index (κ1) is 19.4. The number of amides is 2. The van der Waals surface area contributed by atoms with Crippen LogP contribution in [0.25, 0.3) is 0 Å². The van der Waals surface area contributed by atoms with Crippen molar-refractivity contribution in [3.63, 3.8) is 0 Å². The summed E-state index contributed by atoms with van der Waals surface area (Å²) >= 11 is 12.2. The summed E-state index contributed by atoms with van der Waals surface area (Å²) < 4.78 is 5.21. The van der Waals surface area contributed by atoms with Gasteiger partial charge in [-0.15, -0.1) is 0 Å². The Kier molecular flexibility index (Phi) is 5.82. The van der Waals surface area contributed by atoms with E-state index in [1.165, 1.54) is 18.2 Å². The number of esters is 1. The monoisotopic (exact) mass is 405 g/mol. The first-order valence-corrected chi connectivity index (χ1v) is 9.35. The Labute approximate surface area is 166 Å². The van der Waals surface area contributed by atoms with Crippen molar-refractivity contribution >= 4 is 46.7 Å². The van der Waals surface area contributed by atoms with Crippen molar-refractivity contribution in [2.75, 3.05) is 11.5 Å². The summed E-state index contributed by atoms with van der Waals surface area (Å²) in [7, 11) is 0. The maximum absolute atomic E-state index is 12.8. The topological polar surface area (TPSA) is 63.7 Å². The van der Waals surface area contributed by atoms with Crippen molar-refractivity contribution in [1.29, 1.82) is 0 Å². The molecule has 7 heteroatoms. The Balaban J connectivity index is 1.86. The third-order valence-corrected chi connectivity index (χ3v) is 5.08. The molecule has 0 saturated heterocycles. The number of hydrogen-bond acceptors (Lipinski definition) is 4. The van der Waals surface area contributed by atoms with E-state index in [0.29, 0.717) is 6.61 Å². The summed E-state index contributed by atoms with van der Waals surface area (Å²) in [5, 5.41) is 0.353. The lowest BCUT2D eigenvalue weighted by atomic mass is 10.1. The number of rotatable bonds is 6. The van der Waals surface area contributed by atoms with E-state index in [9.17, 15) is 14.4 Å². The quantitative estimate of drug-likeness (QED) is 0.379. The largest absolute Gasteiger partial charge is 0.462 e. The van der Waals surface area contributed by atoms with Crippen LogP contribution in [0.4, 0.5) is 5.69 Å². The van der Waals surface area contributed by atoms with Crippen molar-refractivity contribution in [1.82, 2.24) is 0 Å². The Morgan fingerprint density at radius 3 is 2.52 bits per heavy atom. The van der Waals surface area contributed by atoms with Crippen LogP contribution in [0.1, 0.15) is 57.3 Å². The first-order valence-electron chi connectivity index (χ1n) is 8.59. The molecule has 1 aliphatic heterocycles. The Morgan fingerprint density at radius 2 is 1.78 bits per heavy atom. The van der Waals surface area contributed by atoms with Crippen LogP contribution in [0, 0.1) is 0 Å². The number of fused-ring (bicyclic) bond motifs is 1. The van der Waals surface area contributed by atoms with E-state index in [1.807, 2.05) is 0 Å². The molecule has 3 rings (SSSR count). The minimum Gasteiger partial charge on any atom is -0.462 e. The smallest absolute Gasteiger partial charge is 0.338 e. The third kappa shape index (κ3) is 3.70. The lowest BCUT2D eigenvalue weighted by molar-refractivity contribution is 0.0498. The molecule has 0 radical (unpaired) electrons. The van der Waals surface area contributed by atoms with Gasteiger partial charge in [-0.05, 0) is 36.8 Å². The highest BCUT2D eigenvalue weighted by Gasteiger charge is 2.38. The van der Waals surface area contributed by atoms with Crippen LogP contribution in [-0.2, 0) is 4.74 Å². The van der Waals surface area contributed by atoms with Gasteiger partial charge in [0.05, 0.1) is 39.0 Å². The average Bonchev–Trinajstić information content (AvgIpc) is 2.91. The zero-order chi connectivity index (χ0) is 19.6. The highest BCUT2D eigenvalue weighted by molar-refractivity contribution is 6.46. The number of ether oxygens (including phenoxy) is 1. The summed E-state index contributed by atoms with van der Waals surface area (Å²) in [5.74, 6) is -1.59. The van der Waals surface area contributed by atoms with Crippen molar-refractivity contribution in [2.45, 2.75) is 26.2 Å². The fourth-order valence-corrected chi connectivity index (χ4v) is 3.23. The van der Waals surface area contributed by atoms with Gasteiger partial charge in [-0.3, -0.25) is 9.59 Å². The molecule has 2 amide bonds. The highest BCUT2D eigenvalue weighted by Crippen LogP contribution is 2.37. The number of nitrogens with zero attached hydrogens (tertiary/aromatic N) is 1. The van der Waals surface area contributed by atoms with E-state index >= 15 is 0 Å². The van der Waals surface area contributed by atoms with Crippen LogP contribution >= 0.6 is 23.2 Å². The minimum atomic E-state index is -0.556. The Bertz CT molecular complexity index is 926. The van der Waals surface area contributed by atoms with Crippen molar-refractivity contribution < 1.29 is 19.1 Å². The summed E-state index contributed by atoms with van der Waals surface area (Å²) in [6.45, 7) is 2.38. The standard InChI is InChI=1S/C20H17Cl2NO4/c1-2-3-4-10-27-20(26)12-8-9-13-14(11-12)19(25)23(18(13)24)16-7-5-6-15(21)17(16)22/h5-9,11H,2-4,10H2,1H3. The SMILES string of the molecule is CCCCCOC(=O)c1ccc2c(c1)C(=O)N(c1cccc(Cl)c1Cl)C2=O. The zero-order valence-electron chi connectivity index (χ0n) is 14.6. The molecule has 0 spiro atoms. The Morgan fingerprint density at radius 1 is 1.04 bits per heavy atom. The number of anilines is 1. The summed E-state index contributed by atoms with van der Waals surface area (Å²) in [6.07, 6.45) is 2.78. The van der Waals surface area contributed by atoms with Gasteiger partial charge in [0.1, 0.15) is 0 Å². The van der Waals surface area contributed by atoms with Gasteiger partial charge in [-0.1, -0.05) is 49.0 Å². The average molecular weight is 406 g/mol. The van der Waals surface area contributed by atoms with Gasteiger partial charge in [-0.2, -0.15) is 0 Å². The molecule has 0 atom stereocenters. The first-order chi connectivity index (χ1) is 13.0. The van der Waals surface area contributed by atoms with Gasteiger partial charge in [0.15, 0.2) is 0 Å². The maximum atomic E-state index is 12.8. The molecule has 0 N–H and O–H groups in total. The number of benzene rings is 2. The molecule has 0 aromatic heterocycles. The molecule has 0 unspecified atom stereocenters. The van der Waals surface area contributed by atoms with Crippen molar-refractivity contribution in [2.24, 2.45) is 0 Å². The maximum Gasteiger partial charge on any atom is 0.338 e. The highest BCUT2D eigenvalue weighted by atomic mass is 35.5. The van der Waals surface area contributed by atoms with E-state index in [1.54, 1.807) is 18.2 Å². The van der Waals surface area contributed by atoms with Gasteiger partial charge < -0.3 is 4.74 Å². The van der Waals surface area contributed by atoms with Gasteiger partial charge in [0.25, 0.3) is 11.8 Å². The van der Waals surface area contributed by atoms with Crippen LogP contribution in [-0.4, -0.2) is 24.4 Å². The molecule has 140 valence electrons. The lowest BCUT2D eigenvalue weighted by Crippen LogP contribution is -2.29. The van der Waals surface area contributed by atoms with Crippen LogP contribution in [0.5, 0.6) is 0 Å². The summed E-state index contributed by atoms with van der Waals surface area (Å²) in [5.41, 5.74) is 0.780. The van der Waals surface area contributed by atoms with Gasteiger partial charge in [0, 0.05) is 0 Å². The normalized spacial score (nSPS) is 13.1. The number of halogens is 2. The van der Waals surface area contributed by atoms with E-state index in [-0.39, 0.29) is 32.4 Å². The molecule has 5 nitrogen and oxygen atoms in total. The number of hydrogen-bond donors (Lipinski definition) is 0. The lowest BCUT2D eigenvalue weighted by Gasteiger charge is -2.15. The van der Waals surface area contributed by atoms with Crippen LogP contribution in [0.2, 0.25) is 10.0 Å². The van der Waals surface area contributed by atoms with Crippen LogP contribution < -0.4 is 4.90 Å². The van der Waals surface area contributed by atoms with E-state index in [4.69, 9.17) is 27.9 Å². The van der Waals surface area contributed by atoms with Gasteiger partial charge in [-0.25, -0.2) is 9.69 Å². The fraction of sp³-hybridized carbons (Fsp3) is 0.250. The number of unbranched alkanes of at least 4 members (excludes halogenated alkanes) is 2. The van der Waals surface area contributed by atoms with Crippen LogP contribution in [0.15, 0.2) is 36.4 Å². The van der Waals surface area contributed by atoms with Crippen molar-refractivity contribution in [3.8, 4) is 0 Å². The number of carbonyl (C=O) groups excluding carboxylic acids is 3.